The Morgan fingerprint density at radius 1 is 1.04 bits per heavy atom. The molecule has 0 fully saturated rings. The molecule has 0 radical (unpaired) electrons. The molecule has 1 unspecified atom stereocenters. The Kier molecular flexibility index (Phi) is 8.09. The van der Waals surface area contributed by atoms with Gasteiger partial charge in [-0.2, -0.15) is 0 Å². The lowest BCUT2D eigenvalue weighted by Gasteiger charge is -2.20. The number of allylic oxidation sites excluding steroid dienone is 1. The molecule has 0 heterocycles. The summed E-state index contributed by atoms with van der Waals surface area (Å²) in [6, 6.07) is 9.99. The van der Waals surface area contributed by atoms with E-state index in [-0.39, 0.29) is 19.1 Å². The van der Waals surface area contributed by atoms with Crippen molar-refractivity contribution in [2.45, 2.75) is 33.6 Å². The normalized spacial score (nSPS) is 11.8. The van der Waals surface area contributed by atoms with Gasteiger partial charge in [0.25, 0.3) is 0 Å². The maximum absolute atomic E-state index is 12.0. The molecule has 0 spiro atoms. The van der Waals surface area contributed by atoms with Crippen LogP contribution < -0.4 is 0 Å². The van der Waals surface area contributed by atoms with Gasteiger partial charge in [-0.1, -0.05) is 49.4 Å². The maximum atomic E-state index is 12.0. The predicted molar refractivity (Wildman–Crippen MR) is 89.8 cm³/mol. The lowest BCUT2D eigenvalue weighted by atomic mass is 9.87. The minimum atomic E-state index is -0.891. The standard InChI is InChI=1S/C19H26O4/c1-5-22-18(20)17(19(21)23-6-2)13-15(4)14(3)12-16-10-8-7-9-11-16/h7-11,15,17H,3,5-6,12-13H2,1-2,4H3. The van der Waals surface area contributed by atoms with Gasteiger partial charge >= 0.3 is 11.9 Å². The Morgan fingerprint density at radius 2 is 1.57 bits per heavy atom. The maximum Gasteiger partial charge on any atom is 0.320 e. The number of carbonyl (C=O) groups excluding carboxylic acids is 2. The summed E-state index contributed by atoms with van der Waals surface area (Å²) in [6.07, 6.45) is 1.07. The van der Waals surface area contributed by atoms with Crippen LogP contribution in [0.2, 0.25) is 0 Å². The van der Waals surface area contributed by atoms with Crippen molar-refractivity contribution in [2.24, 2.45) is 11.8 Å². The first-order chi connectivity index (χ1) is 11.0. The largest absolute Gasteiger partial charge is 0.465 e. The van der Waals surface area contributed by atoms with Crippen molar-refractivity contribution in [3.63, 3.8) is 0 Å². The zero-order valence-electron chi connectivity index (χ0n) is 14.2. The van der Waals surface area contributed by atoms with Crippen molar-refractivity contribution in [3.05, 3.63) is 48.0 Å². The summed E-state index contributed by atoms with van der Waals surface area (Å²) in [7, 11) is 0. The highest BCUT2D eigenvalue weighted by Crippen LogP contribution is 2.24. The average Bonchev–Trinajstić information content (AvgIpc) is 2.53. The molecule has 23 heavy (non-hydrogen) atoms. The number of hydrogen-bond acceptors (Lipinski definition) is 4. The Labute approximate surface area is 138 Å². The van der Waals surface area contributed by atoms with Crippen LogP contribution in [-0.4, -0.2) is 25.2 Å². The van der Waals surface area contributed by atoms with Gasteiger partial charge in [0.2, 0.25) is 0 Å². The topological polar surface area (TPSA) is 52.6 Å². The fourth-order valence-corrected chi connectivity index (χ4v) is 2.33. The molecule has 0 bridgehead atoms. The molecular weight excluding hydrogens is 292 g/mol. The fraction of sp³-hybridized carbons (Fsp3) is 0.474. The van der Waals surface area contributed by atoms with Crippen LogP contribution in [0.1, 0.15) is 32.8 Å². The molecule has 4 heteroatoms. The van der Waals surface area contributed by atoms with Crippen LogP contribution in [0, 0.1) is 11.8 Å². The van der Waals surface area contributed by atoms with Gasteiger partial charge in [0.15, 0.2) is 5.92 Å². The molecular formula is C19H26O4. The van der Waals surface area contributed by atoms with Crippen molar-refractivity contribution >= 4 is 11.9 Å². The van der Waals surface area contributed by atoms with E-state index in [1.807, 2.05) is 37.3 Å². The molecule has 0 aliphatic heterocycles. The molecule has 1 rings (SSSR count). The van der Waals surface area contributed by atoms with E-state index in [0.29, 0.717) is 6.42 Å². The number of carbonyl (C=O) groups is 2. The van der Waals surface area contributed by atoms with E-state index >= 15 is 0 Å². The molecule has 1 aromatic carbocycles. The lowest BCUT2D eigenvalue weighted by molar-refractivity contribution is -0.162. The summed E-state index contributed by atoms with van der Waals surface area (Å²) in [5.74, 6) is -1.93. The van der Waals surface area contributed by atoms with Crippen LogP contribution in [0.15, 0.2) is 42.5 Å². The second-order valence-electron chi connectivity index (χ2n) is 5.51. The van der Waals surface area contributed by atoms with Crippen molar-refractivity contribution < 1.29 is 19.1 Å². The van der Waals surface area contributed by atoms with E-state index in [4.69, 9.17) is 9.47 Å². The molecule has 0 aliphatic rings. The minimum Gasteiger partial charge on any atom is -0.465 e. The first-order valence-corrected chi connectivity index (χ1v) is 8.04. The molecule has 4 nitrogen and oxygen atoms in total. The van der Waals surface area contributed by atoms with E-state index in [0.717, 1.165) is 17.6 Å². The molecule has 1 atom stereocenters. The third-order valence-electron chi connectivity index (χ3n) is 3.70. The summed E-state index contributed by atoms with van der Waals surface area (Å²) in [5.41, 5.74) is 2.14. The van der Waals surface area contributed by atoms with E-state index in [2.05, 4.69) is 6.58 Å². The highest BCUT2D eigenvalue weighted by molar-refractivity contribution is 5.94. The Bertz CT molecular complexity index is 503. The molecule has 0 aromatic heterocycles. The number of ether oxygens (including phenoxy) is 2. The smallest absolute Gasteiger partial charge is 0.320 e. The summed E-state index contributed by atoms with van der Waals surface area (Å²) < 4.78 is 10.0. The summed E-state index contributed by atoms with van der Waals surface area (Å²) in [6.45, 7) is 10.0. The second-order valence-corrected chi connectivity index (χ2v) is 5.51. The SMILES string of the molecule is C=C(Cc1ccccc1)C(C)CC(C(=O)OCC)C(=O)OCC. The Hall–Kier alpha value is -2.10. The number of esters is 2. The van der Waals surface area contributed by atoms with Crippen LogP contribution >= 0.6 is 0 Å². The highest BCUT2D eigenvalue weighted by Gasteiger charge is 2.31. The third-order valence-corrected chi connectivity index (χ3v) is 3.70. The number of rotatable bonds is 9. The summed E-state index contributed by atoms with van der Waals surface area (Å²) in [4.78, 5) is 24.0. The lowest BCUT2D eigenvalue weighted by Crippen LogP contribution is -2.30. The molecule has 0 saturated heterocycles. The molecule has 0 amide bonds. The van der Waals surface area contributed by atoms with Gasteiger partial charge in [0.1, 0.15) is 0 Å². The minimum absolute atomic E-state index is 0.00835. The highest BCUT2D eigenvalue weighted by atomic mass is 16.6. The molecule has 0 aliphatic carbocycles. The average molecular weight is 318 g/mol. The van der Waals surface area contributed by atoms with Gasteiger partial charge in [0, 0.05) is 0 Å². The quantitative estimate of drug-likeness (QED) is 0.397. The zero-order chi connectivity index (χ0) is 17.2. The van der Waals surface area contributed by atoms with Crippen molar-refractivity contribution in [1.82, 2.24) is 0 Å². The van der Waals surface area contributed by atoms with Crippen LogP contribution in [0.25, 0.3) is 0 Å². The van der Waals surface area contributed by atoms with Crippen molar-refractivity contribution in [3.8, 4) is 0 Å². The Balaban J connectivity index is 2.71. The van der Waals surface area contributed by atoms with Crippen LogP contribution in [0.5, 0.6) is 0 Å². The van der Waals surface area contributed by atoms with Gasteiger partial charge in [-0.3, -0.25) is 9.59 Å². The summed E-state index contributed by atoms with van der Waals surface area (Å²) in [5, 5.41) is 0. The zero-order valence-corrected chi connectivity index (χ0v) is 14.2. The van der Waals surface area contributed by atoms with Crippen LogP contribution in [0.3, 0.4) is 0 Å². The van der Waals surface area contributed by atoms with Gasteiger partial charge in [0.05, 0.1) is 13.2 Å². The predicted octanol–water partition coefficient (Wildman–Crippen LogP) is 3.55. The van der Waals surface area contributed by atoms with Crippen molar-refractivity contribution in [2.75, 3.05) is 13.2 Å². The number of benzene rings is 1. The van der Waals surface area contributed by atoms with Gasteiger partial charge in [-0.05, 0) is 38.2 Å². The molecule has 0 saturated carbocycles. The fourth-order valence-electron chi connectivity index (χ4n) is 2.33. The van der Waals surface area contributed by atoms with Gasteiger partial charge < -0.3 is 9.47 Å². The van der Waals surface area contributed by atoms with E-state index in [9.17, 15) is 9.59 Å². The van der Waals surface area contributed by atoms with Crippen LogP contribution in [-0.2, 0) is 25.5 Å². The monoisotopic (exact) mass is 318 g/mol. The first kappa shape index (κ1) is 18.9. The first-order valence-electron chi connectivity index (χ1n) is 8.04. The Morgan fingerprint density at radius 3 is 2.04 bits per heavy atom. The van der Waals surface area contributed by atoms with Crippen LogP contribution in [0.4, 0.5) is 0 Å². The summed E-state index contributed by atoms with van der Waals surface area (Å²) >= 11 is 0. The number of hydrogen-bond donors (Lipinski definition) is 0. The van der Waals surface area contributed by atoms with E-state index in [1.54, 1.807) is 13.8 Å². The molecule has 1 aromatic rings. The van der Waals surface area contributed by atoms with Crippen molar-refractivity contribution in [1.29, 1.82) is 0 Å². The van der Waals surface area contributed by atoms with E-state index in [1.165, 1.54) is 0 Å². The molecule has 0 N–H and O–H groups in total. The molecule has 126 valence electrons. The van der Waals surface area contributed by atoms with Gasteiger partial charge in [-0.15, -0.1) is 0 Å². The van der Waals surface area contributed by atoms with E-state index < -0.39 is 17.9 Å². The van der Waals surface area contributed by atoms with Gasteiger partial charge in [-0.25, -0.2) is 0 Å². The second kappa shape index (κ2) is 9.82. The third kappa shape index (κ3) is 6.27.